The summed E-state index contributed by atoms with van der Waals surface area (Å²) in [4.78, 5) is 51.7. The molecule has 0 spiro atoms. The highest BCUT2D eigenvalue weighted by Crippen LogP contribution is 2.41. The number of nitrogens with zero attached hydrogens (tertiary/aromatic N) is 7. The number of pyridine rings is 2. The highest BCUT2D eigenvalue weighted by Gasteiger charge is 2.45. The monoisotopic (exact) mass is 882 g/mol. The summed E-state index contributed by atoms with van der Waals surface area (Å²) in [6.45, 7) is 4.98. The number of ether oxygens (including phenoxy) is 2. The second kappa shape index (κ2) is 20.8. The van der Waals surface area contributed by atoms with Gasteiger partial charge in [0.2, 0.25) is 11.8 Å². The second-order valence-electron chi connectivity index (χ2n) is 17.0. The summed E-state index contributed by atoms with van der Waals surface area (Å²) in [6, 6.07) is 22.1. The molecule has 336 valence electrons. The molecule has 4 fully saturated rings. The largest absolute Gasteiger partial charge is 0.478 e. The fourth-order valence-corrected chi connectivity index (χ4v) is 9.39. The molecular weight excluding hydrogens is 831 g/mol. The van der Waals surface area contributed by atoms with Crippen LogP contribution < -0.4 is 14.8 Å². The molecule has 2 N–H and O–H groups in total. The van der Waals surface area contributed by atoms with Crippen molar-refractivity contribution < 1.29 is 33.0 Å². The first-order valence-electron chi connectivity index (χ1n) is 22.2. The van der Waals surface area contributed by atoms with Crippen LogP contribution in [0.15, 0.2) is 110 Å². The minimum atomic E-state index is -0.967. The van der Waals surface area contributed by atoms with Gasteiger partial charge in [-0.1, -0.05) is 35.4 Å². The third kappa shape index (κ3) is 11.1. The van der Waals surface area contributed by atoms with Crippen LogP contribution in [-0.4, -0.2) is 89.2 Å². The SMILES string of the molecule is Cc1ccc(-c2ncccn2)c(C(=O)N2C3CCC2[C@H](COc2ccc(F)cn2)CC3)c1.Cc1ccc(-c2ncccn2)c(C(=O)O)c1.Fc1ccc(OC[C@@H]2CCC3CCC2N3)nc1. The number of benzene rings is 2. The minimum absolute atomic E-state index is 0.0354. The van der Waals surface area contributed by atoms with E-state index in [1.165, 1.54) is 50.1 Å². The van der Waals surface area contributed by atoms with Gasteiger partial charge in [-0.3, -0.25) is 4.79 Å². The number of fused-ring (bicyclic) bond motifs is 4. The van der Waals surface area contributed by atoms with E-state index in [1.54, 1.807) is 55.1 Å². The average molecular weight is 883 g/mol. The lowest BCUT2D eigenvalue weighted by molar-refractivity contribution is 0.0403. The van der Waals surface area contributed by atoms with Gasteiger partial charge in [-0.2, -0.15) is 0 Å². The molecule has 13 nitrogen and oxygen atoms in total. The fourth-order valence-electron chi connectivity index (χ4n) is 9.39. The molecule has 0 aliphatic carbocycles. The van der Waals surface area contributed by atoms with E-state index in [9.17, 15) is 18.4 Å². The van der Waals surface area contributed by atoms with Crippen molar-refractivity contribution in [1.82, 2.24) is 40.1 Å². The topological polar surface area (TPSA) is 165 Å². The summed E-state index contributed by atoms with van der Waals surface area (Å²) in [5.74, 6) is 1.06. The Bertz CT molecular complexity index is 2540. The number of halogens is 2. The van der Waals surface area contributed by atoms with Crippen molar-refractivity contribution in [3.63, 3.8) is 0 Å². The van der Waals surface area contributed by atoms with Crippen molar-refractivity contribution in [2.75, 3.05) is 13.2 Å². The fraction of sp³-hybridized carbons (Fsp3) is 0.360. The number of amides is 1. The van der Waals surface area contributed by atoms with Gasteiger partial charge in [-0.05, 0) is 102 Å². The van der Waals surface area contributed by atoms with Crippen molar-refractivity contribution in [2.45, 2.75) is 89.4 Å². The van der Waals surface area contributed by atoms with Gasteiger partial charge in [-0.25, -0.2) is 43.5 Å². The zero-order valence-electron chi connectivity index (χ0n) is 36.4. The molecule has 0 saturated carbocycles. The van der Waals surface area contributed by atoms with Crippen LogP contribution in [0, 0.1) is 37.3 Å². The van der Waals surface area contributed by atoms with Crippen molar-refractivity contribution in [3.05, 3.63) is 144 Å². The van der Waals surface area contributed by atoms with Crippen LogP contribution in [0.5, 0.6) is 11.8 Å². The predicted octanol–water partition coefficient (Wildman–Crippen LogP) is 8.73. The van der Waals surface area contributed by atoms with Crippen LogP contribution in [-0.2, 0) is 0 Å². The summed E-state index contributed by atoms with van der Waals surface area (Å²) in [5, 5.41) is 12.7. The molecule has 4 aromatic heterocycles. The average Bonchev–Trinajstić information content (AvgIpc) is 3.87. The number of carboxylic acids is 1. The molecule has 4 unspecified atom stereocenters. The molecule has 6 atom stereocenters. The Morgan fingerprint density at radius 3 is 1.74 bits per heavy atom. The molecule has 4 aliphatic rings. The number of aryl methyl sites for hydroxylation is 2. The third-order valence-corrected chi connectivity index (χ3v) is 12.6. The zero-order chi connectivity index (χ0) is 45.3. The number of aromatic nitrogens is 6. The molecular formula is C50H52F2N8O5. The standard InChI is InChI=1S/C25H25FN4O2.C13H17FN2O.C12H10N2O2/c1-16-3-8-20(24-27-11-2-12-28-24)21(13-16)25(31)30-19-6-4-17(22(30)9-7-19)15-32-23-10-5-18(26)14-29-23;14-10-2-6-13(15-7-10)17-8-9-1-3-11-4-5-12(9)16-11;1-8-3-4-9(10(7-8)12(15)16)11-13-5-2-6-14-11/h2-3,5,8,10-14,17,19,22H,4,6-7,9,15H2,1H3;2,6-7,9,11-12,16H,1,3-5,8H2;2-7H,1H3,(H,15,16)/t17-,19?,22?;9-,11?,12?;/m00./s1. The Labute approximate surface area is 376 Å². The lowest BCUT2D eigenvalue weighted by Crippen LogP contribution is -2.49. The number of carboxylic acid groups (broad SMARTS) is 1. The lowest BCUT2D eigenvalue weighted by atomic mass is 9.89. The zero-order valence-corrected chi connectivity index (χ0v) is 36.4. The number of nitrogens with one attached hydrogen (secondary N) is 1. The van der Waals surface area contributed by atoms with Crippen LogP contribution in [0.2, 0.25) is 0 Å². The van der Waals surface area contributed by atoms with Gasteiger partial charge in [0.15, 0.2) is 11.6 Å². The summed E-state index contributed by atoms with van der Waals surface area (Å²) in [6.07, 6.45) is 17.9. The molecule has 65 heavy (non-hydrogen) atoms. The highest BCUT2D eigenvalue weighted by molar-refractivity contribution is 6.01. The van der Waals surface area contributed by atoms with Crippen LogP contribution in [0.4, 0.5) is 8.78 Å². The number of piperidine rings is 2. The molecule has 8 heterocycles. The molecule has 2 aromatic carbocycles. The van der Waals surface area contributed by atoms with E-state index >= 15 is 0 Å². The van der Waals surface area contributed by atoms with E-state index in [1.807, 2.05) is 38.1 Å². The third-order valence-electron chi connectivity index (χ3n) is 12.6. The maximum Gasteiger partial charge on any atom is 0.336 e. The van der Waals surface area contributed by atoms with Crippen LogP contribution in [0.1, 0.15) is 83.2 Å². The summed E-state index contributed by atoms with van der Waals surface area (Å²) >= 11 is 0. The van der Waals surface area contributed by atoms with E-state index in [0.29, 0.717) is 59.7 Å². The number of carbonyl (C=O) groups excluding carboxylic acids is 1. The number of rotatable bonds is 10. The molecule has 4 aliphatic heterocycles. The molecule has 4 saturated heterocycles. The van der Waals surface area contributed by atoms with Gasteiger partial charge in [-0.15, -0.1) is 0 Å². The molecule has 15 heteroatoms. The number of carbonyl (C=O) groups is 2. The van der Waals surface area contributed by atoms with E-state index in [2.05, 4.69) is 40.1 Å². The maximum atomic E-state index is 13.8. The summed E-state index contributed by atoms with van der Waals surface area (Å²) in [7, 11) is 0. The van der Waals surface area contributed by atoms with Crippen LogP contribution >= 0.6 is 0 Å². The van der Waals surface area contributed by atoms with E-state index in [-0.39, 0.29) is 41.1 Å². The Morgan fingerprint density at radius 2 is 1.17 bits per heavy atom. The first-order chi connectivity index (χ1) is 31.6. The maximum absolute atomic E-state index is 13.8. The Hall–Kier alpha value is -6.74. The van der Waals surface area contributed by atoms with Gasteiger partial charge in [0, 0.05) is 84.1 Å². The van der Waals surface area contributed by atoms with Gasteiger partial charge >= 0.3 is 5.97 Å². The van der Waals surface area contributed by atoms with Crippen LogP contribution in [0.3, 0.4) is 0 Å². The van der Waals surface area contributed by atoms with Crippen molar-refractivity contribution >= 4 is 11.9 Å². The number of hydrogen-bond acceptors (Lipinski definition) is 11. The minimum Gasteiger partial charge on any atom is -0.478 e. The second-order valence-corrected chi connectivity index (χ2v) is 17.0. The molecule has 4 bridgehead atoms. The molecule has 0 radical (unpaired) electrons. The van der Waals surface area contributed by atoms with E-state index in [0.717, 1.165) is 54.6 Å². The quantitative estimate of drug-likeness (QED) is 0.135. The Kier molecular flexibility index (Phi) is 14.4. The van der Waals surface area contributed by atoms with Gasteiger partial charge < -0.3 is 24.8 Å². The van der Waals surface area contributed by atoms with Crippen molar-refractivity contribution in [2.24, 2.45) is 11.8 Å². The Morgan fingerprint density at radius 1 is 0.646 bits per heavy atom. The number of aromatic carboxylic acids is 1. The molecule has 1 amide bonds. The van der Waals surface area contributed by atoms with Gasteiger partial charge in [0.25, 0.3) is 5.91 Å². The highest BCUT2D eigenvalue weighted by atomic mass is 19.1. The molecule has 10 rings (SSSR count). The summed E-state index contributed by atoms with van der Waals surface area (Å²) in [5.41, 5.74) is 4.10. The normalized spacial score (nSPS) is 21.6. The number of hydrogen-bond donors (Lipinski definition) is 2. The van der Waals surface area contributed by atoms with E-state index < -0.39 is 5.97 Å². The lowest BCUT2D eigenvalue weighted by Gasteiger charge is -2.40. The van der Waals surface area contributed by atoms with Gasteiger partial charge in [0.1, 0.15) is 11.6 Å². The Balaban J connectivity index is 0.000000147. The van der Waals surface area contributed by atoms with Gasteiger partial charge in [0.05, 0.1) is 36.7 Å². The first kappa shape index (κ1) is 44.9. The van der Waals surface area contributed by atoms with E-state index in [4.69, 9.17) is 14.6 Å². The predicted molar refractivity (Wildman–Crippen MR) is 239 cm³/mol. The smallest absolute Gasteiger partial charge is 0.336 e. The van der Waals surface area contributed by atoms with Crippen LogP contribution in [0.25, 0.3) is 22.8 Å². The van der Waals surface area contributed by atoms with Crippen molar-refractivity contribution in [1.29, 1.82) is 0 Å². The summed E-state index contributed by atoms with van der Waals surface area (Å²) < 4.78 is 37.3. The van der Waals surface area contributed by atoms with Crippen molar-refractivity contribution in [3.8, 4) is 34.5 Å². The first-order valence-corrected chi connectivity index (χ1v) is 22.2. The molecule has 6 aromatic rings.